The van der Waals surface area contributed by atoms with E-state index in [-0.39, 0.29) is 23.4 Å². The lowest BCUT2D eigenvalue weighted by Gasteiger charge is -2.29. The molecule has 0 saturated carbocycles. The summed E-state index contributed by atoms with van der Waals surface area (Å²) in [7, 11) is 0. The first kappa shape index (κ1) is 15.8. The highest BCUT2D eigenvalue weighted by molar-refractivity contribution is 8.01. The van der Waals surface area contributed by atoms with E-state index in [2.05, 4.69) is 4.98 Å². The molecule has 0 aliphatic carbocycles. The lowest BCUT2D eigenvalue weighted by atomic mass is 10.2. The van der Waals surface area contributed by atoms with Gasteiger partial charge in [0.15, 0.2) is 0 Å². The first-order valence-corrected chi connectivity index (χ1v) is 9.08. The van der Waals surface area contributed by atoms with Crippen LogP contribution < -0.4 is 0 Å². The topological polar surface area (TPSA) is 63.9 Å². The Balaban J connectivity index is 1.45. The van der Waals surface area contributed by atoms with Crippen molar-refractivity contribution in [2.75, 3.05) is 5.75 Å². The van der Waals surface area contributed by atoms with Crippen molar-refractivity contribution in [3.05, 3.63) is 35.2 Å². The van der Waals surface area contributed by atoms with Gasteiger partial charge in [-0.1, -0.05) is 11.6 Å². The predicted molar refractivity (Wildman–Crippen MR) is 90.7 cm³/mol. The number of esters is 1. The van der Waals surface area contributed by atoms with E-state index in [1.54, 1.807) is 45.6 Å². The van der Waals surface area contributed by atoms with E-state index in [0.717, 1.165) is 12.1 Å². The third-order valence-electron chi connectivity index (χ3n) is 4.54. The average molecular weight is 366 g/mol. The number of nitrogens with zero attached hydrogens (tertiary/aromatic N) is 3. The number of fused-ring (bicyclic) bond motifs is 2. The summed E-state index contributed by atoms with van der Waals surface area (Å²) in [6.45, 7) is 2.10. The summed E-state index contributed by atoms with van der Waals surface area (Å²) in [6.07, 6.45) is 4.81. The molecule has 24 heavy (non-hydrogen) atoms. The second-order valence-electron chi connectivity index (χ2n) is 6.22. The number of carbonyl (C=O) groups is 2. The maximum atomic E-state index is 12.4. The molecule has 2 aromatic rings. The van der Waals surface area contributed by atoms with Crippen molar-refractivity contribution in [2.24, 2.45) is 0 Å². The molecule has 4 heterocycles. The van der Waals surface area contributed by atoms with Gasteiger partial charge in [0, 0.05) is 24.6 Å². The van der Waals surface area contributed by atoms with Crippen LogP contribution >= 0.6 is 23.4 Å². The summed E-state index contributed by atoms with van der Waals surface area (Å²) in [6, 6.07) is 3.06. The first-order chi connectivity index (χ1) is 11.5. The molecule has 4 rings (SSSR count). The minimum atomic E-state index is -0.499. The van der Waals surface area contributed by atoms with Gasteiger partial charge in [-0.3, -0.25) is 4.79 Å². The van der Waals surface area contributed by atoms with Crippen LogP contribution in [-0.2, 0) is 20.9 Å². The van der Waals surface area contributed by atoms with Gasteiger partial charge in [-0.15, -0.1) is 11.8 Å². The summed E-state index contributed by atoms with van der Waals surface area (Å²) in [4.78, 5) is 30.3. The number of aromatic nitrogens is 2. The second kappa shape index (κ2) is 5.67. The van der Waals surface area contributed by atoms with Crippen LogP contribution in [0.4, 0.5) is 0 Å². The van der Waals surface area contributed by atoms with E-state index in [1.807, 2.05) is 6.92 Å². The van der Waals surface area contributed by atoms with Crippen molar-refractivity contribution in [3.8, 4) is 0 Å². The molecular formula is C16H16ClN3O3S. The number of ether oxygens (including phenoxy) is 1. The molecule has 0 unspecified atom stereocenters. The molecule has 0 spiro atoms. The van der Waals surface area contributed by atoms with Crippen LogP contribution in [0.2, 0.25) is 5.02 Å². The highest BCUT2D eigenvalue weighted by Gasteiger charge is 2.53. The van der Waals surface area contributed by atoms with E-state index in [0.29, 0.717) is 22.9 Å². The number of hydrogen-bond donors (Lipinski definition) is 0. The molecule has 1 amide bonds. The zero-order valence-electron chi connectivity index (χ0n) is 13.1. The van der Waals surface area contributed by atoms with Crippen molar-refractivity contribution >= 4 is 40.9 Å². The summed E-state index contributed by atoms with van der Waals surface area (Å²) in [5, 5.41) is 0.609. The van der Waals surface area contributed by atoms with E-state index < -0.39 is 6.04 Å². The number of halogens is 1. The van der Waals surface area contributed by atoms with Gasteiger partial charge in [-0.2, -0.15) is 0 Å². The van der Waals surface area contributed by atoms with Crippen LogP contribution in [0.25, 0.3) is 5.65 Å². The third kappa shape index (κ3) is 2.56. The lowest BCUT2D eigenvalue weighted by molar-refractivity contribution is -0.154. The molecule has 8 heteroatoms. The molecule has 0 radical (unpaired) electrons. The Bertz CT molecular complexity index is 839. The Hall–Kier alpha value is -1.73. The normalized spacial score (nSPS) is 26.2. The predicted octanol–water partition coefficient (Wildman–Crippen LogP) is 2.48. The molecule has 0 bridgehead atoms. The standard InChI is InChI=1S/C16H16ClN3O3S/c1-16-5-4-14(21)20(16)12(9-24-16)15(22)23-8-11-7-19-6-10(17)2-3-13(19)18-11/h2-3,6-7,12H,4-5,8-9H2,1H3/t12-,16+/m0/s1. The van der Waals surface area contributed by atoms with Crippen molar-refractivity contribution < 1.29 is 14.3 Å². The number of rotatable bonds is 3. The number of pyridine rings is 1. The number of hydrogen-bond acceptors (Lipinski definition) is 5. The highest BCUT2D eigenvalue weighted by atomic mass is 35.5. The molecule has 2 aromatic heterocycles. The Morgan fingerprint density at radius 1 is 1.50 bits per heavy atom. The quantitative estimate of drug-likeness (QED) is 0.782. The molecule has 0 aromatic carbocycles. The Morgan fingerprint density at radius 3 is 3.17 bits per heavy atom. The number of amides is 1. The lowest BCUT2D eigenvalue weighted by Crippen LogP contribution is -2.46. The summed E-state index contributed by atoms with van der Waals surface area (Å²) in [5.41, 5.74) is 1.39. The maximum absolute atomic E-state index is 12.4. The van der Waals surface area contributed by atoms with Gasteiger partial charge in [-0.05, 0) is 25.5 Å². The monoisotopic (exact) mass is 365 g/mol. The van der Waals surface area contributed by atoms with Gasteiger partial charge in [0.05, 0.1) is 15.6 Å². The summed E-state index contributed by atoms with van der Waals surface area (Å²) >= 11 is 7.60. The SMILES string of the molecule is C[C@@]12CCC(=O)N1[C@H](C(=O)OCc1cn3cc(Cl)ccc3n1)CS2. The minimum absolute atomic E-state index is 0.0341. The van der Waals surface area contributed by atoms with Crippen LogP contribution in [0.15, 0.2) is 24.5 Å². The van der Waals surface area contributed by atoms with Crippen molar-refractivity contribution in [2.45, 2.75) is 37.3 Å². The fraction of sp³-hybridized carbons (Fsp3) is 0.438. The smallest absolute Gasteiger partial charge is 0.330 e. The Morgan fingerprint density at radius 2 is 2.33 bits per heavy atom. The van der Waals surface area contributed by atoms with Crippen molar-refractivity contribution in [3.63, 3.8) is 0 Å². The zero-order valence-corrected chi connectivity index (χ0v) is 14.6. The van der Waals surface area contributed by atoms with Gasteiger partial charge >= 0.3 is 5.97 Å². The molecular weight excluding hydrogens is 350 g/mol. The van der Waals surface area contributed by atoms with Crippen LogP contribution in [0.3, 0.4) is 0 Å². The number of imidazole rings is 1. The van der Waals surface area contributed by atoms with Gasteiger partial charge in [0.2, 0.25) is 5.91 Å². The minimum Gasteiger partial charge on any atom is -0.458 e. The van der Waals surface area contributed by atoms with E-state index in [4.69, 9.17) is 16.3 Å². The molecule has 2 atom stereocenters. The summed E-state index contributed by atoms with van der Waals surface area (Å²) in [5.74, 6) is 0.255. The molecule has 2 aliphatic rings. The number of carbonyl (C=O) groups excluding carboxylic acids is 2. The first-order valence-electron chi connectivity index (χ1n) is 7.72. The largest absolute Gasteiger partial charge is 0.458 e. The van der Waals surface area contributed by atoms with E-state index in [9.17, 15) is 9.59 Å². The molecule has 6 nitrogen and oxygen atoms in total. The fourth-order valence-corrected chi connectivity index (χ4v) is 4.91. The molecule has 2 aliphatic heterocycles. The Kier molecular flexibility index (Phi) is 3.73. The van der Waals surface area contributed by atoms with Crippen LogP contribution in [0.5, 0.6) is 0 Å². The van der Waals surface area contributed by atoms with Crippen molar-refractivity contribution in [1.82, 2.24) is 14.3 Å². The van der Waals surface area contributed by atoms with Gasteiger partial charge in [-0.25, -0.2) is 9.78 Å². The molecule has 126 valence electrons. The van der Waals surface area contributed by atoms with E-state index in [1.165, 1.54) is 0 Å². The zero-order chi connectivity index (χ0) is 16.9. The van der Waals surface area contributed by atoms with Gasteiger partial charge in [0.25, 0.3) is 0 Å². The van der Waals surface area contributed by atoms with Crippen LogP contribution in [0, 0.1) is 0 Å². The van der Waals surface area contributed by atoms with Gasteiger partial charge < -0.3 is 14.0 Å². The van der Waals surface area contributed by atoms with Crippen molar-refractivity contribution in [1.29, 1.82) is 0 Å². The third-order valence-corrected chi connectivity index (χ3v) is 6.27. The molecule has 2 saturated heterocycles. The highest BCUT2D eigenvalue weighted by Crippen LogP contribution is 2.47. The van der Waals surface area contributed by atoms with Crippen LogP contribution in [-0.4, -0.2) is 42.8 Å². The average Bonchev–Trinajstić information content (AvgIpc) is 3.18. The van der Waals surface area contributed by atoms with E-state index >= 15 is 0 Å². The fourth-order valence-electron chi connectivity index (χ4n) is 3.32. The van der Waals surface area contributed by atoms with Gasteiger partial charge in [0.1, 0.15) is 18.3 Å². The Labute approximate surface area is 148 Å². The summed E-state index contributed by atoms with van der Waals surface area (Å²) < 4.78 is 7.21. The molecule has 2 fully saturated rings. The maximum Gasteiger partial charge on any atom is 0.330 e. The molecule has 0 N–H and O–H groups in total. The van der Waals surface area contributed by atoms with Crippen LogP contribution in [0.1, 0.15) is 25.5 Å². The second-order valence-corrected chi connectivity index (χ2v) is 8.16. The number of thioether (sulfide) groups is 1.